The molecule has 2 aromatic carbocycles. The van der Waals surface area contributed by atoms with Gasteiger partial charge in [0.2, 0.25) is 0 Å². The van der Waals surface area contributed by atoms with Crippen LogP contribution < -0.4 is 14.9 Å². The van der Waals surface area contributed by atoms with Gasteiger partial charge in [-0.1, -0.05) is 6.07 Å². The maximum atomic E-state index is 12.9. The third-order valence-electron chi connectivity index (χ3n) is 5.99. The third kappa shape index (κ3) is 5.45. The van der Waals surface area contributed by atoms with Crippen LogP contribution in [-0.4, -0.2) is 31.5 Å². The summed E-state index contributed by atoms with van der Waals surface area (Å²) in [6.45, 7) is 9.64. The predicted octanol–water partition coefficient (Wildman–Crippen LogP) is 5.24. The van der Waals surface area contributed by atoms with Gasteiger partial charge in [0.15, 0.2) is 0 Å². The van der Waals surface area contributed by atoms with E-state index in [1.807, 2.05) is 52.0 Å². The first-order valence-electron chi connectivity index (χ1n) is 11.3. The Bertz CT molecular complexity index is 1250. The zero-order chi connectivity index (χ0) is 23.6. The Kier molecular flexibility index (Phi) is 6.56. The minimum absolute atomic E-state index is 0.300. The second-order valence-corrected chi connectivity index (χ2v) is 10.4. The summed E-state index contributed by atoms with van der Waals surface area (Å²) in [5.74, 6) is 2.38. The van der Waals surface area contributed by atoms with Crippen LogP contribution in [0.2, 0.25) is 0 Å². The van der Waals surface area contributed by atoms with E-state index in [1.54, 1.807) is 18.2 Å². The van der Waals surface area contributed by atoms with Gasteiger partial charge in [-0.05, 0) is 94.0 Å². The minimum atomic E-state index is -3.68. The van der Waals surface area contributed by atoms with E-state index >= 15 is 0 Å². The van der Waals surface area contributed by atoms with Crippen molar-refractivity contribution < 1.29 is 8.42 Å². The van der Waals surface area contributed by atoms with Gasteiger partial charge < -0.3 is 10.2 Å². The predicted molar refractivity (Wildman–Crippen MR) is 134 cm³/mol. The van der Waals surface area contributed by atoms with Gasteiger partial charge in [0.1, 0.15) is 17.5 Å². The van der Waals surface area contributed by atoms with Crippen LogP contribution in [0.3, 0.4) is 0 Å². The van der Waals surface area contributed by atoms with E-state index in [1.165, 1.54) is 19.3 Å². The number of anilines is 4. The number of sulfonamides is 1. The van der Waals surface area contributed by atoms with Crippen LogP contribution in [0.15, 0.2) is 47.4 Å². The Hall–Kier alpha value is -3.13. The molecule has 1 fully saturated rings. The number of aryl methyl sites for hydroxylation is 4. The van der Waals surface area contributed by atoms with Gasteiger partial charge >= 0.3 is 0 Å². The van der Waals surface area contributed by atoms with Gasteiger partial charge in [-0.3, -0.25) is 4.72 Å². The molecule has 7 nitrogen and oxygen atoms in total. The van der Waals surface area contributed by atoms with E-state index < -0.39 is 10.0 Å². The molecule has 1 aliphatic heterocycles. The summed E-state index contributed by atoms with van der Waals surface area (Å²) < 4.78 is 28.6. The van der Waals surface area contributed by atoms with Gasteiger partial charge in [0.05, 0.1) is 4.90 Å². The molecule has 0 saturated carbocycles. The van der Waals surface area contributed by atoms with Crippen molar-refractivity contribution in [2.24, 2.45) is 0 Å². The van der Waals surface area contributed by atoms with Gasteiger partial charge in [-0.25, -0.2) is 18.4 Å². The number of piperidine rings is 1. The number of aromatic nitrogens is 2. The Morgan fingerprint density at radius 1 is 0.788 bits per heavy atom. The summed E-state index contributed by atoms with van der Waals surface area (Å²) in [7, 11) is -3.68. The van der Waals surface area contributed by atoms with E-state index in [2.05, 4.69) is 24.9 Å². The largest absolute Gasteiger partial charge is 0.356 e. The summed E-state index contributed by atoms with van der Waals surface area (Å²) in [5.41, 5.74) is 4.08. The molecule has 0 radical (unpaired) electrons. The molecule has 0 aliphatic carbocycles. The van der Waals surface area contributed by atoms with Gasteiger partial charge in [-0.2, -0.15) is 0 Å². The summed E-state index contributed by atoms with van der Waals surface area (Å²) in [6, 6.07) is 12.8. The molecule has 0 unspecified atom stereocenters. The first kappa shape index (κ1) is 23.0. The van der Waals surface area contributed by atoms with Crippen LogP contribution in [0.1, 0.15) is 41.8 Å². The average molecular weight is 466 g/mol. The quantitative estimate of drug-likeness (QED) is 0.517. The molecule has 8 heteroatoms. The van der Waals surface area contributed by atoms with Crippen LogP contribution in [0, 0.1) is 27.7 Å². The van der Waals surface area contributed by atoms with E-state index in [0.29, 0.717) is 16.4 Å². The molecule has 174 valence electrons. The summed E-state index contributed by atoms with van der Waals surface area (Å²) >= 11 is 0. The topological polar surface area (TPSA) is 87.2 Å². The fraction of sp³-hybridized carbons (Fsp3) is 0.360. The third-order valence-corrected chi connectivity index (χ3v) is 7.52. The number of hydrogen-bond acceptors (Lipinski definition) is 6. The Labute approximate surface area is 196 Å². The number of hydrogen-bond donors (Lipinski definition) is 2. The van der Waals surface area contributed by atoms with Crippen LogP contribution >= 0.6 is 0 Å². The van der Waals surface area contributed by atoms with E-state index in [9.17, 15) is 8.42 Å². The molecule has 0 spiro atoms. The van der Waals surface area contributed by atoms with Crippen LogP contribution in [0.4, 0.5) is 23.0 Å². The highest BCUT2D eigenvalue weighted by molar-refractivity contribution is 7.92. The van der Waals surface area contributed by atoms with Crippen molar-refractivity contribution in [1.82, 2.24) is 9.97 Å². The molecule has 0 atom stereocenters. The molecule has 0 bridgehead atoms. The van der Waals surface area contributed by atoms with E-state index in [4.69, 9.17) is 0 Å². The molecule has 33 heavy (non-hydrogen) atoms. The Balaban J connectivity index is 1.49. The first-order chi connectivity index (χ1) is 15.7. The van der Waals surface area contributed by atoms with Crippen molar-refractivity contribution in [3.63, 3.8) is 0 Å². The van der Waals surface area contributed by atoms with Crippen LogP contribution in [-0.2, 0) is 10.0 Å². The smallest absolute Gasteiger partial charge is 0.262 e. The van der Waals surface area contributed by atoms with Crippen molar-refractivity contribution in [3.05, 3.63) is 65.0 Å². The van der Waals surface area contributed by atoms with Crippen LogP contribution in [0.25, 0.3) is 0 Å². The number of benzene rings is 2. The molecule has 4 rings (SSSR count). The highest BCUT2D eigenvalue weighted by atomic mass is 32.2. The van der Waals surface area contributed by atoms with Gasteiger partial charge in [0, 0.05) is 30.5 Å². The lowest BCUT2D eigenvalue weighted by atomic mass is 10.1. The molecule has 2 heterocycles. The van der Waals surface area contributed by atoms with Gasteiger partial charge in [-0.15, -0.1) is 0 Å². The van der Waals surface area contributed by atoms with E-state index in [0.717, 1.165) is 47.1 Å². The zero-order valence-corrected chi connectivity index (χ0v) is 20.5. The molecular weight excluding hydrogens is 434 g/mol. The molecule has 2 N–H and O–H groups in total. The SMILES string of the molecule is Cc1nc(Nc2ccc(NS(=O)(=O)c3cc(C)c(C)cc3C)cc2)cc(N2CCCCC2)n1. The standard InChI is InChI=1S/C25H31N5O2S/c1-17-14-19(3)23(15-18(17)2)33(31,32)29-22-10-8-21(9-11-22)28-24-16-25(27-20(4)26-24)30-12-6-5-7-13-30/h8-11,14-16,29H,5-7,12-13H2,1-4H3,(H,26,27,28). The lowest BCUT2D eigenvalue weighted by Gasteiger charge is -2.28. The Morgan fingerprint density at radius 2 is 1.42 bits per heavy atom. The second-order valence-electron chi connectivity index (χ2n) is 8.72. The Morgan fingerprint density at radius 3 is 2.12 bits per heavy atom. The molecule has 1 saturated heterocycles. The number of rotatable bonds is 6. The highest BCUT2D eigenvalue weighted by Gasteiger charge is 2.18. The fourth-order valence-corrected chi connectivity index (χ4v) is 5.48. The molecule has 0 amide bonds. The molecule has 3 aromatic rings. The molecular formula is C25H31N5O2S. The van der Waals surface area contributed by atoms with Crippen molar-refractivity contribution in [2.75, 3.05) is 28.0 Å². The normalized spacial score (nSPS) is 14.2. The average Bonchev–Trinajstić information content (AvgIpc) is 2.77. The van der Waals surface area contributed by atoms with Crippen molar-refractivity contribution in [2.45, 2.75) is 51.9 Å². The maximum absolute atomic E-state index is 12.9. The van der Waals surface area contributed by atoms with Crippen molar-refractivity contribution in [3.8, 4) is 0 Å². The summed E-state index contributed by atoms with van der Waals surface area (Å²) in [5, 5.41) is 3.31. The maximum Gasteiger partial charge on any atom is 0.262 e. The summed E-state index contributed by atoms with van der Waals surface area (Å²) in [4.78, 5) is 11.7. The number of nitrogens with one attached hydrogen (secondary N) is 2. The monoisotopic (exact) mass is 465 g/mol. The number of nitrogens with zero attached hydrogens (tertiary/aromatic N) is 3. The molecule has 1 aromatic heterocycles. The zero-order valence-electron chi connectivity index (χ0n) is 19.6. The van der Waals surface area contributed by atoms with E-state index in [-0.39, 0.29) is 0 Å². The van der Waals surface area contributed by atoms with Crippen molar-refractivity contribution in [1.29, 1.82) is 0 Å². The minimum Gasteiger partial charge on any atom is -0.356 e. The lowest BCUT2D eigenvalue weighted by Crippen LogP contribution is -2.30. The summed E-state index contributed by atoms with van der Waals surface area (Å²) in [6.07, 6.45) is 3.64. The van der Waals surface area contributed by atoms with Gasteiger partial charge in [0.25, 0.3) is 10.0 Å². The highest BCUT2D eigenvalue weighted by Crippen LogP contribution is 2.26. The lowest BCUT2D eigenvalue weighted by molar-refractivity contribution is 0.572. The van der Waals surface area contributed by atoms with Crippen molar-refractivity contribution >= 4 is 33.0 Å². The second kappa shape index (κ2) is 9.39. The first-order valence-corrected chi connectivity index (χ1v) is 12.8. The molecule has 1 aliphatic rings. The van der Waals surface area contributed by atoms with Crippen LogP contribution in [0.5, 0.6) is 0 Å². The fourth-order valence-electron chi connectivity index (χ4n) is 4.10.